The van der Waals surface area contributed by atoms with Gasteiger partial charge in [0, 0.05) is 12.6 Å². The van der Waals surface area contributed by atoms with Crippen molar-refractivity contribution in [2.45, 2.75) is 18.7 Å². The van der Waals surface area contributed by atoms with Crippen LogP contribution >= 0.6 is 0 Å². The molecule has 3 aromatic rings. The summed E-state index contributed by atoms with van der Waals surface area (Å²) >= 11 is 0. The second-order valence-electron chi connectivity index (χ2n) is 5.36. The number of hydrogen-bond acceptors (Lipinski definition) is 5. The highest BCUT2D eigenvalue weighted by Gasteiger charge is 2.33. The number of ether oxygens (including phenoxy) is 1. The van der Waals surface area contributed by atoms with Crippen LogP contribution in [0, 0.1) is 0 Å². The summed E-state index contributed by atoms with van der Waals surface area (Å²) in [5.74, 6) is 0.874. The number of nitrogens with zero attached hydrogens (tertiary/aromatic N) is 4. The number of aromatic nitrogens is 5. The molecule has 6 nitrogen and oxygen atoms in total. The van der Waals surface area contributed by atoms with Gasteiger partial charge in [-0.25, -0.2) is 5.10 Å². The van der Waals surface area contributed by atoms with Gasteiger partial charge in [-0.2, -0.15) is 13.2 Å². The monoisotopic (exact) mass is 333 g/mol. The fraction of sp³-hybridized carbons (Fsp3) is 0.200. The third-order valence-electron chi connectivity index (χ3n) is 3.81. The molecule has 0 radical (unpaired) electrons. The first-order valence-corrected chi connectivity index (χ1v) is 7.07. The Labute approximate surface area is 133 Å². The van der Waals surface area contributed by atoms with E-state index >= 15 is 0 Å². The summed E-state index contributed by atoms with van der Waals surface area (Å²) in [5.41, 5.74) is 1.19. The lowest BCUT2D eigenvalue weighted by Crippen LogP contribution is -2.05. The molecule has 1 N–H and O–H groups in total. The number of halogens is 3. The molecule has 0 saturated heterocycles. The lowest BCUT2D eigenvalue weighted by molar-refractivity contribution is -0.137. The van der Waals surface area contributed by atoms with Gasteiger partial charge < -0.3 is 4.74 Å². The Hall–Kier alpha value is -2.97. The maximum atomic E-state index is 12.8. The average molecular weight is 333 g/mol. The van der Waals surface area contributed by atoms with E-state index < -0.39 is 11.7 Å². The Bertz CT molecular complexity index is 879. The zero-order valence-electron chi connectivity index (χ0n) is 12.1. The Morgan fingerprint density at radius 3 is 2.79 bits per heavy atom. The van der Waals surface area contributed by atoms with E-state index in [1.165, 1.54) is 6.07 Å². The molecule has 0 amide bonds. The molecule has 4 rings (SSSR count). The maximum absolute atomic E-state index is 12.8. The lowest BCUT2D eigenvalue weighted by atomic mass is 10.0. The summed E-state index contributed by atoms with van der Waals surface area (Å²) in [5, 5.41) is 13.4. The molecule has 9 heteroatoms. The van der Waals surface area contributed by atoms with Gasteiger partial charge in [0.05, 0.1) is 5.56 Å². The van der Waals surface area contributed by atoms with Crippen molar-refractivity contribution in [2.24, 2.45) is 0 Å². The van der Waals surface area contributed by atoms with E-state index in [2.05, 4.69) is 25.6 Å². The van der Waals surface area contributed by atoms with Gasteiger partial charge in [0.25, 0.3) is 0 Å². The van der Waals surface area contributed by atoms with Crippen LogP contribution in [-0.4, -0.2) is 25.6 Å². The highest BCUT2D eigenvalue weighted by Crippen LogP contribution is 2.40. The number of fused-ring (bicyclic) bond motifs is 1. The third-order valence-corrected chi connectivity index (χ3v) is 3.81. The highest BCUT2D eigenvalue weighted by atomic mass is 19.4. The summed E-state index contributed by atoms with van der Waals surface area (Å²) in [4.78, 5) is 4.17. The number of alkyl halides is 3. The van der Waals surface area contributed by atoms with Crippen LogP contribution in [0.2, 0.25) is 0 Å². The summed E-state index contributed by atoms with van der Waals surface area (Å²) in [6.07, 6.45) is -2.80. The van der Waals surface area contributed by atoms with Gasteiger partial charge in [0.15, 0.2) is 5.82 Å². The van der Waals surface area contributed by atoms with Crippen LogP contribution in [0.25, 0.3) is 11.5 Å². The molecule has 2 aromatic heterocycles. The minimum Gasteiger partial charge on any atom is -0.485 e. The minimum atomic E-state index is -4.36. The number of tetrazole rings is 1. The van der Waals surface area contributed by atoms with Gasteiger partial charge in [-0.1, -0.05) is 0 Å². The van der Waals surface area contributed by atoms with E-state index in [1.54, 1.807) is 18.3 Å². The van der Waals surface area contributed by atoms with E-state index in [1.807, 2.05) is 0 Å². The van der Waals surface area contributed by atoms with Crippen molar-refractivity contribution in [3.63, 3.8) is 0 Å². The largest absolute Gasteiger partial charge is 0.485 e. The Morgan fingerprint density at radius 2 is 2.04 bits per heavy atom. The van der Waals surface area contributed by atoms with Gasteiger partial charge in [-0.05, 0) is 51.9 Å². The first kappa shape index (κ1) is 14.6. The van der Waals surface area contributed by atoms with E-state index in [-0.39, 0.29) is 6.10 Å². The molecular weight excluding hydrogens is 323 g/mol. The Balaban J connectivity index is 1.62. The molecule has 1 aliphatic rings. The topological polar surface area (TPSA) is 76.6 Å². The maximum Gasteiger partial charge on any atom is 0.416 e. The molecule has 0 aliphatic carbocycles. The van der Waals surface area contributed by atoms with Crippen LogP contribution in [0.4, 0.5) is 13.2 Å². The van der Waals surface area contributed by atoms with Crippen molar-refractivity contribution >= 4 is 0 Å². The van der Waals surface area contributed by atoms with Gasteiger partial charge in [-0.15, -0.1) is 5.10 Å². The van der Waals surface area contributed by atoms with Crippen molar-refractivity contribution in [3.8, 4) is 17.3 Å². The molecule has 1 unspecified atom stereocenters. The first-order chi connectivity index (χ1) is 11.5. The summed E-state index contributed by atoms with van der Waals surface area (Å²) < 4.78 is 44.2. The average Bonchev–Trinajstić information content (AvgIpc) is 3.23. The van der Waals surface area contributed by atoms with Crippen LogP contribution < -0.4 is 4.74 Å². The number of H-pyrrole nitrogens is 1. The number of rotatable bonds is 2. The van der Waals surface area contributed by atoms with E-state index in [9.17, 15) is 13.2 Å². The van der Waals surface area contributed by atoms with Crippen molar-refractivity contribution in [3.05, 3.63) is 53.2 Å². The van der Waals surface area contributed by atoms with Crippen molar-refractivity contribution in [2.75, 3.05) is 0 Å². The third kappa shape index (κ3) is 2.57. The van der Waals surface area contributed by atoms with E-state index in [4.69, 9.17) is 4.74 Å². The normalized spacial score (nSPS) is 16.7. The smallest absolute Gasteiger partial charge is 0.416 e. The molecule has 0 saturated carbocycles. The molecule has 0 bridgehead atoms. The number of pyridine rings is 1. The molecule has 24 heavy (non-hydrogen) atoms. The molecule has 0 spiro atoms. The van der Waals surface area contributed by atoms with E-state index in [0.29, 0.717) is 29.3 Å². The van der Waals surface area contributed by atoms with Crippen molar-refractivity contribution < 1.29 is 17.9 Å². The van der Waals surface area contributed by atoms with Crippen LogP contribution in [0.3, 0.4) is 0 Å². The Kier molecular flexibility index (Phi) is 3.22. The van der Waals surface area contributed by atoms with Gasteiger partial charge in [0.1, 0.15) is 17.5 Å². The SMILES string of the molecule is FC(F)(F)c1ccc2c(c1)CC(c1ccnc(-c3nnn[nH]3)c1)O2. The minimum absolute atomic E-state index is 0.358. The second kappa shape index (κ2) is 5.29. The predicted octanol–water partition coefficient (Wildman–Crippen LogP) is 2.96. The highest BCUT2D eigenvalue weighted by molar-refractivity contribution is 5.50. The zero-order valence-corrected chi connectivity index (χ0v) is 12.1. The van der Waals surface area contributed by atoms with E-state index in [0.717, 1.165) is 17.7 Å². The summed E-state index contributed by atoms with van der Waals surface area (Å²) in [6, 6.07) is 7.04. The quantitative estimate of drug-likeness (QED) is 0.780. The molecule has 1 atom stereocenters. The van der Waals surface area contributed by atoms with Crippen molar-refractivity contribution in [1.82, 2.24) is 25.6 Å². The first-order valence-electron chi connectivity index (χ1n) is 7.07. The standard InChI is InChI=1S/C15H10F3N5O/c16-15(17,18)10-1-2-12-9(5-10)7-13(24-12)8-3-4-19-11(6-8)14-20-22-23-21-14/h1-6,13H,7H2,(H,20,21,22,23). The molecule has 1 aromatic carbocycles. The van der Waals surface area contributed by atoms with Crippen LogP contribution in [0.15, 0.2) is 36.5 Å². The fourth-order valence-corrected chi connectivity index (χ4v) is 2.66. The predicted molar refractivity (Wildman–Crippen MR) is 75.9 cm³/mol. The second-order valence-corrected chi connectivity index (χ2v) is 5.36. The number of benzene rings is 1. The molecule has 3 heterocycles. The van der Waals surface area contributed by atoms with Crippen molar-refractivity contribution in [1.29, 1.82) is 0 Å². The fourth-order valence-electron chi connectivity index (χ4n) is 2.66. The van der Waals surface area contributed by atoms with Gasteiger partial charge >= 0.3 is 6.18 Å². The lowest BCUT2D eigenvalue weighted by Gasteiger charge is -2.11. The van der Waals surface area contributed by atoms with Crippen LogP contribution in [0.1, 0.15) is 22.8 Å². The Morgan fingerprint density at radius 1 is 1.17 bits per heavy atom. The number of aromatic amines is 1. The van der Waals surface area contributed by atoms with Gasteiger partial charge in [0.2, 0.25) is 0 Å². The van der Waals surface area contributed by atoms with Crippen LogP contribution in [-0.2, 0) is 12.6 Å². The van der Waals surface area contributed by atoms with Crippen LogP contribution in [0.5, 0.6) is 5.75 Å². The molecule has 0 fully saturated rings. The molecule has 122 valence electrons. The number of hydrogen-bond donors (Lipinski definition) is 1. The van der Waals surface area contributed by atoms with Gasteiger partial charge in [-0.3, -0.25) is 4.98 Å². The zero-order chi connectivity index (χ0) is 16.7. The number of nitrogens with one attached hydrogen (secondary N) is 1. The summed E-state index contributed by atoms with van der Waals surface area (Å²) in [6.45, 7) is 0. The molecule has 1 aliphatic heterocycles. The summed E-state index contributed by atoms with van der Waals surface area (Å²) in [7, 11) is 0. The molecular formula is C15H10F3N5O.